The van der Waals surface area contributed by atoms with Crippen LogP contribution in [0, 0.1) is 0 Å². The van der Waals surface area contributed by atoms with E-state index in [-0.39, 0.29) is 11.6 Å². The van der Waals surface area contributed by atoms with Gasteiger partial charge in [-0.3, -0.25) is 9.59 Å². The third-order valence-corrected chi connectivity index (χ3v) is 7.16. The number of ketones is 2. The van der Waals surface area contributed by atoms with Crippen molar-refractivity contribution in [3.05, 3.63) is 35.4 Å². The molecule has 0 radical (unpaired) electrons. The van der Waals surface area contributed by atoms with Gasteiger partial charge in [-0.2, -0.15) is 0 Å². The smallest absolute Gasteiger partial charge is 0.198 e. The number of fused-ring (bicyclic) bond motifs is 2. The average Bonchev–Trinajstić information content (AvgIpc) is 3.53. The predicted octanol–water partition coefficient (Wildman–Crippen LogP) is 7.85. The fourth-order valence-corrected chi connectivity index (χ4v) is 5.12. The molecule has 0 amide bonds. The molecule has 1 aliphatic heterocycles. The minimum atomic E-state index is -0.832. The Morgan fingerprint density at radius 1 is 0.677 bits per heavy atom. The lowest BCUT2D eigenvalue weighted by molar-refractivity contribution is 0.0850. The molecule has 3 heteroatoms. The summed E-state index contributed by atoms with van der Waals surface area (Å²) in [6.45, 7) is 2.28. The Hall–Kier alpha value is -1.48. The SMILES string of the molecule is CCCCCCCCCCCCCCCCCCC12OC1C(=O)c1ccccc1C2=O. The van der Waals surface area contributed by atoms with Crippen LogP contribution in [0.15, 0.2) is 24.3 Å². The van der Waals surface area contributed by atoms with Crippen molar-refractivity contribution in [1.82, 2.24) is 0 Å². The Balaban J connectivity index is 1.16. The Labute approximate surface area is 189 Å². The first-order valence-electron chi connectivity index (χ1n) is 13.1. The first-order valence-corrected chi connectivity index (χ1v) is 13.1. The van der Waals surface area contributed by atoms with Crippen molar-refractivity contribution >= 4 is 11.6 Å². The first-order chi connectivity index (χ1) is 15.2. The number of Topliss-reactive ketones (excluding diaryl/α,β-unsaturated/α-hetero) is 2. The molecule has 0 aromatic heterocycles. The molecule has 0 bridgehead atoms. The van der Waals surface area contributed by atoms with Crippen molar-refractivity contribution in [3.63, 3.8) is 0 Å². The van der Waals surface area contributed by atoms with Crippen molar-refractivity contribution in [1.29, 1.82) is 0 Å². The fourth-order valence-electron chi connectivity index (χ4n) is 5.12. The molecular formula is C28H42O3. The van der Waals surface area contributed by atoms with E-state index >= 15 is 0 Å². The number of ether oxygens (including phenoxy) is 1. The maximum atomic E-state index is 12.8. The summed E-state index contributed by atoms with van der Waals surface area (Å²) in [5.41, 5.74) is 0.261. The Bertz CT molecular complexity index is 710. The summed E-state index contributed by atoms with van der Waals surface area (Å²) >= 11 is 0. The van der Waals surface area contributed by atoms with Crippen LogP contribution in [0.1, 0.15) is 137 Å². The van der Waals surface area contributed by atoms with Crippen molar-refractivity contribution < 1.29 is 14.3 Å². The second kappa shape index (κ2) is 12.5. The molecule has 3 nitrogen and oxygen atoms in total. The summed E-state index contributed by atoms with van der Waals surface area (Å²) in [5.74, 6) is 0.0142. The van der Waals surface area contributed by atoms with E-state index < -0.39 is 11.7 Å². The average molecular weight is 427 g/mol. The topological polar surface area (TPSA) is 46.7 Å². The molecule has 1 saturated heterocycles. The van der Waals surface area contributed by atoms with Crippen LogP contribution >= 0.6 is 0 Å². The molecule has 3 rings (SSSR count). The van der Waals surface area contributed by atoms with Crippen LogP contribution in [0.25, 0.3) is 0 Å². The van der Waals surface area contributed by atoms with E-state index in [2.05, 4.69) is 6.92 Å². The van der Waals surface area contributed by atoms with E-state index in [0.717, 1.165) is 12.8 Å². The standard InChI is InChI=1S/C28H42O3/c1-2-3-4-5-6-7-8-9-10-11-12-13-14-15-16-19-22-28-26(30)24-21-18-17-20-23(24)25(29)27(28)31-28/h17-18,20-21,27H,2-16,19,22H2,1H3. The van der Waals surface area contributed by atoms with E-state index in [1.165, 1.54) is 89.9 Å². The lowest BCUT2D eigenvalue weighted by atomic mass is 9.79. The van der Waals surface area contributed by atoms with Gasteiger partial charge in [-0.15, -0.1) is 0 Å². The second-order valence-corrected chi connectivity index (χ2v) is 9.68. The third-order valence-electron chi connectivity index (χ3n) is 7.16. The van der Waals surface area contributed by atoms with Crippen molar-refractivity contribution in [3.8, 4) is 0 Å². The van der Waals surface area contributed by atoms with Gasteiger partial charge >= 0.3 is 0 Å². The Morgan fingerprint density at radius 2 is 1.13 bits per heavy atom. The quantitative estimate of drug-likeness (QED) is 0.188. The van der Waals surface area contributed by atoms with Gasteiger partial charge in [-0.25, -0.2) is 0 Å². The number of unbranched alkanes of at least 4 members (excludes halogenated alkanes) is 15. The van der Waals surface area contributed by atoms with E-state index in [0.29, 0.717) is 17.5 Å². The molecular weight excluding hydrogens is 384 g/mol. The summed E-state index contributed by atoms with van der Waals surface area (Å²) in [4.78, 5) is 25.3. The van der Waals surface area contributed by atoms with Gasteiger partial charge in [0.15, 0.2) is 23.3 Å². The van der Waals surface area contributed by atoms with E-state index in [1.807, 2.05) is 12.1 Å². The summed E-state index contributed by atoms with van der Waals surface area (Å²) in [7, 11) is 0. The van der Waals surface area contributed by atoms with Gasteiger partial charge < -0.3 is 4.74 Å². The molecule has 1 fully saturated rings. The second-order valence-electron chi connectivity index (χ2n) is 9.68. The summed E-state index contributed by atoms with van der Waals surface area (Å²) in [5, 5.41) is 0. The summed E-state index contributed by atoms with van der Waals surface area (Å²) < 4.78 is 5.70. The van der Waals surface area contributed by atoms with E-state index in [1.54, 1.807) is 12.1 Å². The zero-order chi connectivity index (χ0) is 21.9. The Kier molecular flexibility index (Phi) is 9.77. The zero-order valence-corrected chi connectivity index (χ0v) is 19.6. The van der Waals surface area contributed by atoms with E-state index in [9.17, 15) is 9.59 Å². The van der Waals surface area contributed by atoms with Crippen molar-refractivity contribution in [2.45, 2.75) is 128 Å². The molecule has 1 aliphatic carbocycles. The van der Waals surface area contributed by atoms with Gasteiger partial charge in [0.1, 0.15) is 0 Å². The van der Waals surface area contributed by atoms with Crippen LogP contribution in [-0.4, -0.2) is 23.3 Å². The lowest BCUT2D eigenvalue weighted by Crippen LogP contribution is -2.36. The summed E-state index contributed by atoms with van der Waals surface area (Å²) in [6, 6.07) is 7.16. The molecule has 1 heterocycles. The highest BCUT2D eigenvalue weighted by atomic mass is 16.6. The molecule has 1 aromatic rings. The van der Waals surface area contributed by atoms with Crippen LogP contribution in [0.2, 0.25) is 0 Å². The molecule has 2 atom stereocenters. The van der Waals surface area contributed by atoms with Gasteiger partial charge in [-0.05, 0) is 12.8 Å². The molecule has 2 aliphatic rings. The number of hydrogen-bond donors (Lipinski definition) is 0. The molecule has 0 N–H and O–H groups in total. The number of epoxide rings is 1. The Morgan fingerprint density at radius 3 is 1.65 bits per heavy atom. The molecule has 0 saturated carbocycles. The molecule has 31 heavy (non-hydrogen) atoms. The molecule has 0 spiro atoms. The maximum absolute atomic E-state index is 12.8. The van der Waals surface area contributed by atoms with Crippen LogP contribution < -0.4 is 0 Å². The highest BCUT2D eigenvalue weighted by molar-refractivity contribution is 6.22. The monoisotopic (exact) mass is 426 g/mol. The highest BCUT2D eigenvalue weighted by Crippen LogP contribution is 2.49. The normalized spacial score (nSPS) is 21.8. The maximum Gasteiger partial charge on any atom is 0.198 e. The predicted molar refractivity (Wildman–Crippen MR) is 127 cm³/mol. The number of carbonyl (C=O) groups excluding carboxylic acids is 2. The lowest BCUT2D eigenvalue weighted by Gasteiger charge is -2.18. The minimum Gasteiger partial charge on any atom is -0.349 e. The molecule has 1 aromatic carbocycles. The largest absolute Gasteiger partial charge is 0.349 e. The van der Waals surface area contributed by atoms with Gasteiger partial charge in [-0.1, -0.05) is 128 Å². The van der Waals surface area contributed by atoms with Gasteiger partial charge in [0.05, 0.1) is 0 Å². The van der Waals surface area contributed by atoms with Gasteiger partial charge in [0.2, 0.25) is 0 Å². The van der Waals surface area contributed by atoms with Crippen LogP contribution in [0.5, 0.6) is 0 Å². The van der Waals surface area contributed by atoms with Crippen LogP contribution in [0.3, 0.4) is 0 Å². The van der Waals surface area contributed by atoms with Crippen molar-refractivity contribution in [2.75, 3.05) is 0 Å². The fraction of sp³-hybridized carbons (Fsp3) is 0.714. The van der Waals surface area contributed by atoms with Crippen LogP contribution in [0.4, 0.5) is 0 Å². The number of rotatable bonds is 17. The number of hydrogen-bond acceptors (Lipinski definition) is 3. The molecule has 2 unspecified atom stereocenters. The van der Waals surface area contributed by atoms with Gasteiger partial charge in [0.25, 0.3) is 0 Å². The minimum absolute atomic E-state index is 0.00769. The highest BCUT2D eigenvalue weighted by Gasteiger charge is 2.68. The summed E-state index contributed by atoms with van der Waals surface area (Å²) in [6.07, 6.45) is 21.5. The van der Waals surface area contributed by atoms with Crippen molar-refractivity contribution in [2.24, 2.45) is 0 Å². The number of benzene rings is 1. The van der Waals surface area contributed by atoms with E-state index in [4.69, 9.17) is 4.74 Å². The zero-order valence-electron chi connectivity index (χ0n) is 19.6. The third kappa shape index (κ3) is 6.51. The van der Waals surface area contributed by atoms with Gasteiger partial charge in [0, 0.05) is 11.1 Å². The molecule has 172 valence electrons. The van der Waals surface area contributed by atoms with Crippen LogP contribution in [-0.2, 0) is 4.74 Å². The number of carbonyl (C=O) groups is 2. The first kappa shape index (κ1) is 24.2.